The van der Waals surface area contributed by atoms with Gasteiger partial charge in [-0.25, -0.2) is 0 Å². The van der Waals surface area contributed by atoms with E-state index >= 15 is 0 Å². The van der Waals surface area contributed by atoms with Crippen molar-refractivity contribution in [1.82, 2.24) is 10.6 Å². The van der Waals surface area contributed by atoms with Gasteiger partial charge in [-0.3, -0.25) is 4.99 Å². The molecule has 1 aliphatic heterocycles. The molecule has 0 spiro atoms. The summed E-state index contributed by atoms with van der Waals surface area (Å²) in [7, 11) is 5.96. The normalized spacial score (nSPS) is 17.1. The second-order valence-electron chi connectivity index (χ2n) is 7.40. The second kappa shape index (κ2) is 8.80. The summed E-state index contributed by atoms with van der Waals surface area (Å²) in [5.74, 6) is 0.862. The average Bonchev–Trinajstić information content (AvgIpc) is 3.14. The summed E-state index contributed by atoms with van der Waals surface area (Å²) < 4.78 is 0. The van der Waals surface area contributed by atoms with Crippen LogP contribution in [0.5, 0.6) is 0 Å². The van der Waals surface area contributed by atoms with Gasteiger partial charge in [0.15, 0.2) is 5.96 Å². The van der Waals surface area contributed by atoms with Crippen molar-refractivity contribution in [2.75, 3.05) is 44.0 Å². The minimum Gasteiger partial charge on any atom is -0.378 e. The van der Waals surface area contributed by atoms with Crippen LogP contribution in [0, 0.1) is 6.92 Å². The Morgan fingerprint density at radius 1 is 1.19 bits per heavy atom. The molecule has 144 valence electrons. The Bertz CT molecular complexity index is 767. The standard InChI is InChI=1S/C22H31N5/c1-17-8-10-20(11-9-17)27-13-12-19(16-27)25-22(23-2)24-15-18-6-5-7-21(14-18)26(3)4/h5-11,14,19H,12-13,15-16H2,1-4H3,(H2,23,24,25). The van der Waals surface area contributed by atoms with Crippen LogP contribution in [0.1, 0.15) is 17.5 Å². The van der Waals surface area contributed by atoms with Crippen LogP contribution in [0.4, 0.5) is 11.4 Å². The molecule has 1 unspecified atom stereocenters. The van der Waals surface area contributed by atoms with E-state index < -0.39 is 0 Å². The van der Waals surface area contributed by atoms with Crippen LogP contribution < -0.4 is 20.4 Å². The number of hydrogen-bond donors (Lipinski definition) is 2. The molecule has 0 aliphatic carbocycles. The molecule has 5 heteroatoms. The molecule has 27 heavy (non-hydrogen) atoms. The number of benzene rings is 2. The maximum absolute atomic E-state index is 4.40. The van der Waals surface area contributed by atoms with Crippen molar-refractivity contribution >= 4 is 17.3 Å². The fraction of sp³-hybridized carbons (Fsp3) is 0.409. The van der Waals surface area contributed by atoms with E-state index in [4.69, 9.17) is 0 Å². The SMILES string of the molecule is CN=C(NCc1cccc(N(C)C)c1)NC1CCN(c2ccc(C)cc2)C1. The van der Waals surface area contributed by atoms with E-state index in [1.165, 1.54) is 22.5 Å². The first-order valence-corrected chi connectivity index (χ1v) is 9.60. The van der Waals surface area contributed by atoms with Crippen LogP contribution in [0.25, 0.3) is 0 Å². The van der Waals surface area contributed by atoms with Crippen molar-refractivity contribution in [1.29, 1.82) is 0 Å². The summed E-state index contributed by atoms with van der Waals surface area (Å²) in [5.41, 5.74) is 5.06. The van der Waals surface area contributed by atoms with Crippen LogP contribution in [0.2, 0.25) is 0 Å². The summed E-state index contributed by atoms with van der Waals surface area (Å²) in [6, 6.07) is 17.7. The van der Waals surface area contributed by atoms with Crippen molar-refractivity contribution < 1.29 is 0 Å². The first-order valence-electron chi connectivity index (χ1n) is 9.60. The van der Waals surface area contributed by atoms with Gasteiger partial charge in [-0.15, -0.1) is 0 Å². The number of nitrogens with one attached hydrogen (secondary N) is 2. The highest BCUT2D eigenvalue weighted by Gasteiger charge is 2.23. The molecule has 5 nitrogen and oxygen atoms in total. The lowest BCUT2D eigenvalue weighted by Crippen LogP contribution is -2.44. The van der Waals surface area contributed by atoms with Crippen LogP contribution in [0.3, 0.4) is 0 Å². The fourth-order valence-corrected chi connectivity index (χ4v) is 3.39. The highest BCUT2D eigenvalue weighted by atomic mass is 15.2. The van der Waals surface area contributed by atoms with E-state index in [1.807, 2.05) is 7.05 Å². The van der Waals surface area contributed by atoms with Crippen molar-refractivity contribution in [3.63, 3.8) is 0 Å². The van der Waals surface area contributed by atoms with E-state index in [-0.39, 0.29) is 0 Å². The second-order valence-corrected chi connectivity index (χ2v) is 7.40. The number of anilines is 2. The van der Waals surface area contributed by atoms with E-state index in [2.05, 4.69) is 95.0 Å². The van der Waals surface area contributed by atoms with Crippen molar-refractivity contribution in [2.45, 2.75) is 25.9 Å². The molecule has 0 radical (unpaired) electrons. The molecular weight excluding hydrogens is 334 g/mol. The number of hydrogen-bond acceptors (Lipinski definition) is 3. The Kier molecular flexibility index (Phi) is 6.22. The smallest absolute Gasteiger partial charge is 0.191 e. The average molecular weight is 366 g/mol. The fourth-order valence-electron chi connectivity index (χ4n) is 3.39. The highest BCUT2D eigenvalue weighted by Crippen LogP contribution is 2.20. The molecule has 1 saturated heterocycles. The number of nitrogens with zero attached hydrogens (tertiary/aromatic N) is 3. The van der Waals surface area contributed by atoms with Crippen LogP contribution in [0.15, 0.2) is 53.5 Å². The van der Waals surface area contributed by atoms with Gasteiger partial charge in [0.2, 0.25) is 0 Å². The maximum Gasteiger partial charge on any atom is 0.191 e. The van der Waals surface area contributed by atoms with E-state index in [1.54, 1.807) is 0 Å². The molecule has 1 aliphatic rings. The van der Waals surface area contributed by atoms with Gasteiger partial charge >= 0.3 is 0 Å². The topological polar surface area (TPSA) is 42.9 Å². The molecule has 3 rings (SSSR count). The third-order valence-electron chi connectivity index (χ3n) is 5.04. The van der Waals surface area contributed by atoms with E-state index in [9.17, 15) is 0 Å². The Morgan fingerprint density at radius 2 is 1.96 bits per heavy atom. The third kappa shape index (κ3) is 5.16. The number of guanidine groups is 1. The molecule has 0 saturated carbocycles. The zero-order valence-electron chi connectivity index (χ0n) is 16.9. The Morgan fingerprint density at radius 3 is 2.67 bits per heavy atom. The Hall–Kier alpha value is -2.69. The predicted molar refractivity (Wildman–Crippen MR) is 116 cm³/mol. The summed E-state index contributed by atoms with van der Waals surface area (Å²) >= 11 is 0. The number of aryl methyl sites for hydroxylation is 1. The van der Waals surface area contributed by atoms with Crippen LogP contribution in [-0.4, -0.2) is 46.2 Å². The summed E-state index contributed by atoms with van der Waals surface area (Å²) in [6.45, 7) is 4.96. The third-order valence-corrected chi connectivity index (χ3v) is 5.04. The summed E-state index contributed by atoms with van der Waals surface area (Å²) in [6.07, 6.45) is 1.12. The number of rotatable bonds is 5. The zero-order chi connectivity index (χ0) is 19.2. The van der Waals surface area contributed by atoms with Gasteiger partial charge in [0.1, 0.15) is 0 Å². The van der Waals surface area contributed by atoms with Crippen molar-refractivity contribution in [3.8, 4) is 0 Å². The van der Waals surface area contributed by atoms with Gasteiger partial charge in [-0.1, -0.05) is 29.8 Å². The molecule has 1 heterocycles. The molecule has 2 aromatic rings. The van der Waals surface area contributed by atoms with E-state index in [0.29, 0.717) is 6.04 Å². The van der Waals surface area contributed by atoms with E-state index in [0.717, 1.165) is 32.0 Å². The largest absolute Gasteiger partial charge is 0.378 e. The molecular formula is C22H31N5. The monoisotopic (exact) mass is 365 g/mol. The van der Waals surface area contributed by atoms with Gasteiger partial charge in [0.05, 0.1) is 0 Å². The Balaban J connectivity index is 1.52. The van der Waals surface area contributed by atoms with Gasteiger partial charge in [0.25, 0.3) is 0 Å². The van der Waals surface area contributed by atoms with Gasteiger partial charge in [-0.2, -0.15) is 0 Å². The molecule has 0 aromatic heterocycles. The molecule has 1 fully saturated rings. The number of aliphatic imine (C=N–C) groups is 1. The van der Waals surface area contributed by atoms with Crippen LogP contribution >= 0.6 is 0 Å². The van der Waals surface area contributed by atoms with Crippen molar-refractivity contribution in [3.05, 3.63) is 59.7 Å². The lowest BCUT2D eigenvalue weighted by Gasteiger charge is -2.21. The predicted octanol–water partition coefficient (Wildman–Crippen LogP) is 3.00. The van der Waals surface area contributed by atoms with Crippen LogP contribution in [-0.2, 0) is 6.54 Å². The lowest BCUT2D eigenvalue weighted by atomic mass is 10.2. The minimum absolute atomic E-state index is 0.408. The molecule has 2 aromatic carbocycles. The Labute approximate surface area is 163 Å². The molecule has 0 amide bonds. The first kappa shape index (κ1) is 19.1. The molecule has 2 N–H and O–H groups in total. The van der Waals surface area contributed by atoms with Gasteiger partial charge in [0, 0.05) is 58.2 Å². The lowest BCUT2D eigenvalue weighted by molar-refractivity contribution is 0.648. The minimum atomic E-state index is 0.408. The quantitative estimate of drug-likeness (QED) is 0.631. The maximum atomic E-state index is 4.40. The zero-order valence-corrected chi connectivity index (χ0v) is 16.9. The van der Waals surface area contributed by atoms with Gasteiger partial charge in [-0.05, 0) is 43.2 Å². The van der Waals surface area contributed by atoms with Gasteiger partial charge < -0.3 is 20.4 Å². The summed E-state index contributed by atoms with van der Waals surface area (Å²) in [5, 5.41) is 7.01. The van der Waals surface area contributed by atoms with Crippen molar-refractivity contribution in [2.24, 2.45) is 4.99 Å². The summed E-state index contributed by atoms with van der Waals surface area (Å²) in [4.78, 5) is 8.95. The molecule has 1 atom stereocenters. The molecule has 0 bridgehead atoms. The highest BCUT2D eigenvalue weighted by molar-refractivity contribution is 5.80. The first-order chi connectivity index (χ1) is 13.0.